The van der Waals surface area contributed by atoms with E-state index in [2.05, 4.69) is 15.6 Å². The molecule has 3 aromatic rings. The molecule has 0 bridgehead atoms. The van der Waals surface area contributed by atoms with Crippen LogP contribution in [0.15, 0.2) is 71.5 Å². The van der Waals surface area contributed by atoms with Gasteiger partial charge < -0.3 is 15.1 Å². The lowest BCUT2D eigenvalue weighted by atomic mass is 10.2. The maximum Gasteiger partial charge on any atom is 0.270 e. The first-order valence-electron chi connectivity index (χ1n) is 7.35. The number of nitrogens with zero attached hydrogens (tertiary/aromatic N) is 1. The molecule has 1 aromatic carbocycles. The van der Waals surface area contributed by atoms with E-state index in [4.69, 9.17) is 4.42 Å². The van der Waals surface area contributed by atoms with Gasteiger partial charge in [0.2, 0.25) is 0 Å². The molecule has 0 spiro atoms. The van der Waals surface area contributed by atoms with Crippen LogP contribution < -0.4 is 10.6 Å². The number of benzene rings is 1. The van der Waals surface area contributed by atoms with Crippen molar-refractivity contribution in [1.29, 1.82) is 0 Å². The smallest absolute Gasteiger partial charge is 0.270 e. The van der Waals surface area contributed by atoms with E-state index in [0.717, 1.165) is 0 Å². The third-order valence-electron chi connectivity index (χ3n) is 3.29. The Morgan fingerprint density at radius 3 is 2.58 bits per heavy atom. The third kappa shape index (κ3) is 3.86. The molecule has 0 saturated carbocycles. The average molecular weight is 321 g/mol. The summed E-state index contributed by atoms with van der Waals surface area (Å²) in [5.74, 6) is -0.0363. The van der Waals surface area contributed by atoms with Gasteiger partial charge in [0.05, 0.1) is 12.8 Å². The minimum absolute atomic E-state index is 0.169. The zero-order valence-corrected chi connectivity index (χ0v) is 12.7. The summed E-state index contributed by atoms with van der Waals surface area (Å²) in [5.41, 5.74) is 1.21. The monoisotopic (exact) mass is 321 g/mol. The van der Waals surface area contributed by atoms with Gasteiger partial charge in [-0.3, -0.25) is 14.6 Å². The summed E-state index contributed by atoms with van der Waals surface area (Å²) in [7, 11) is 0. The average Bonchev–Trinajstić information content (AvgIpc) is 3.14. The lowest BCUT2D eigenvalue weighted by Crippen LogP contribution is -2.24. The highest BCUT2D eigenvalue weighted by atomic mass is 16.3. The van der Waals surface area contributed by atoms with Crippen molar-refractivity contribution in [3.05, 3.63) is 84.1 Å². The van der Waals surface area contributed by atoms with Gasteiger partial charge in [-0.1, -0.05) is 18.2 Å². The van der Waals surface area contributed by atoms with Crippen molar-refractivity contribution < 1.29 is 14.0 Å². The van der Waals surface area contributed by atoms with E-state index in [-0.39, 0.29) is 24.1 Å². The summed E-state index contributed by atoms with van der Waals surface area (Å²) >= 11 is 0. The molecule has 2 heterocycles. The summed E-state index contributed by atoms with van der Waals surface area (Å²) in [6.07, 6.45) is 2.97. The number of anilines is 1. The van der Waals surface area contributed by atoms with Gasteiger partial charge in [-0.05, 0) is 36.4 Å². The maximum atomic E-state index is 12.2. The number of amides is 2. The molecule has 6 nitrogen and oxygen atoms in total. The van der Waals surface area contributed by atoms with Crippen molar-refractivity contribution in [3.63, 3.8) is 0 Å². The molecule has 0 aliphatic carbocycles. The Hall–Kier alpha value is -3.41. The molecule has 120 valence electrons. The number of aromatic nitrogens is 1. The minimum atomic E-state index is -0.374. The fourth-order valence-corrected chi connectivity index (χ4v) is 2.09. The van der Waals surface area contributed by atoms with Gasteiger partial charge in [-0.2, -0.15) is 0 Å². The normalized spacial score (nSPS) is 10.2. The highest BCUT2D eigenvalue weighted by molar-refractivity contribution is 6.05. The van der Waals surface area contributed by atoms with E-state index in [1.807, 2.05) is 18.2 Å². The molecular formula is C18H15N3O3. The minimum Gasteiger partial charge on any atom is -0.467 e. The van der Waals surface area contributed by atoms with Crippen LogP contribution in [-0.2, 0) is 6.54 Å². The van der Waals surface area contributed by atoms with E-state index in [9.17, 15) is 9.59 Å². The van der Waals surface area contributed by atoms with E-state index >= 15 is 0 Å². The Morgan fingerprint density at radius 1 is 1.00 bits per heavy atom. The van der Waals surface area contributed by atoms with Crippen LogP contribution in [0.3, 0.4) is 0 Å². The van der Waals surface area contributed by atoms with Crippen LogP contribution in [-0.4, -0.2) is 16.8 Å². The number of carbonyl (C=O) groups excluding carboxylic acids is 2. The Labute approximate surface area is 138 Å². The van der Waals surface area contributed by atoms with Crippen molar-refractivity contribution in [2.45, 2.75) is 6.54 Å². The van der Waals surface area contributed by atoms with Crippen molar-refractivity contribution >= 4 is 17.5 Å². The lowest BCUT2D eigenvalue weighted by Gasteiger charge is -2.07. The molecule has 0 aliphatic rings. The molecule has 0 fully saturated rings. The molecule has 3 rings (SSSR count). The number of hydrogen-bond acceptors (Lipinski definition) is 4. The van der Waals surface area contributed by atoms with Gasteiger partial charge in [-0.25, -0.2) is 0 Å². The number of furan rings is 1. The largest absolute Gasteiger partial charge is 0.467 e. The van der Waals surface area contributed by atoms with E-state index < -0.39 is 0 Å². The Morgan fingerprint density at radius 2 is 1.83 bits per heavy atom. The van der Waals surface area contributed by atoms with Crippen molar-refractivity contribution in [2.75, 3.05) is 5.32 Å². The molecule has 0 aliphatic heterocycles. The summed E-state index contributed by atoms with van der Waals surface area (Å²) in [6.45, 7) is 0.258. The first-order chi connectivity index (χ1) is 11.7. The van der Waals surface area contributed by atoms with Crippen LogP contribution in [0.5, 0.6) is 0 Å². The van der Waals surface area contributed by atoms with Crippen molar-refractivity contribution in [1.82, 2.24) is 10.3 Å². The fourth-order valence-electron chi connectivity index (χ4n) is 2.09. The molecule has 2 N–H and O–H groups in total. The second kappa shape index (κ2) is 7.23. The summed E-state index contributed by atoms with van der Waals surface area (Å²) < 4.78 is 5.15. The predicted octanol–water partition coefficient (Wildman–Crippen LogP) is 2.86. The van der Waals surface area contributed by atoms with E-state index in [1.165, 1.54) is 18.5 Å². The van der Waals surface area contributed by atoms with Gasteiger partial charge in [0.25, 0.3) is 11.8 Å². The number of rotatable bonds is 5. The molecular weight excluding hydrogens is 306 g/mol. The zero-order chi connectivity index (χ0) is 16.8. The number of hydrogen-bond donors (Lipinski definition) is 2. The highest BCUT2D eigenvalue weighted by Gasteiger charge is 2.12. The Kier molecular flexibility index (Phi) is 4.67. The quantitative estimate of drug-likeness (QED) is 0.757. The van der Waals surface area contributed by atoms with Crippen LogP contribution in [0.4, 0.5) is 5.69 Å². The first-order valence-corrected chi connectivity index (χ1v) is 7.35. The number of carbonyl (C=O) groups is 2. The van der Waals surface area contributed by atoms with Crippen LogP contribution in [0, 0.1) is 0 Å². The van der Waals surface area contributed by atoms with Crippen LogP contribution in [0.25, 0.3) is 0 Å². The molecule has 0 radical (unpaired) electrons. The molecule has 2 aromatic heterocycles. The highest BCUT2D eigenvalue weighted by Crippen LogP contribution is 2.09. The number of nitrogens with one attached hydrogen (secondary N) is 2. The molecule has 6 heteroatoms. The topological polar surface area (TPSA) is 84.2 Å². The summed E-state index contributed by atoms with van der Waals surface area (Å²) in [5, 5.41) is 5.46. The third-order valence-corrected chi connectivity index (χ3v) is 3.29. The molecule has 2 amide bonds. The first kappa shape index (κ1) is 15.5. The summed E-state index contributed by atoms with van der Waals surface area (Å²) in [4.78, 5) is 28.4. The summed E-state index contributed by atoms with van der Waals surface area (Å²) in [6, 6.07) is 15.6. The SMILES string of the molecule is O=C(Nc1ccccc1)c1ccnc(C(=O)NCc2ccco2)c1. The molecule has 0 atom stereocenters. The van der Waals surface area contributed by atoms with Gasteiger partial charge >= 0.3 is 0 Å². The second-order valence-corrected chi connectivity index (χ2v) is 5.01. The molecule has 24 heavy (non-hydrogen) atoms. The maximum absolute atomic E-state index is 12.2. The lowest BCUT2D eigenvalue weighted by molar-refractivity contribution is 0.0943. The zero-order valence-electron chi connectivity index (χ0n) is 12.7. The van der Waals surface area contributed by atoms with Crippen LogP contribution >= 0.6 is 0 Å². The van der Waals surface area contributed by atoms with Gasteiger partial charge in [0.1, 0.15) is 11.5 Å². The fraction of sp³-hybridized carbons (Fsp3) is 0.0556. The van der Waals surface area contributed by atoms with Crippen molar-refractivity contribution in [2.24, 2.45) is 0 Å². The van der Waals surface area contributed by atoms with Gasteiger partial charge in [-0.15, -0.1) is 0 Å². The van der Waals surface area contributed by atoms with Gasteiger partial charge in [0, 0.05) is 17.4 Å². The number of para-hydroxylation sites is 1. The Balaban J connectivity index is 1.66. The number of pyridine rings is 1. The van der Waals surface area contributed by atoms with Crippen molar-refractivity contribution in [3.8, 4) is 0 Å². The van der Waals surface area contributed by atoms with Crippen LogP contribution in [0.2, 0.25) is 0 Å². The molecule has 0 saturated heterocycles. The second-order valence-electron chi connectivity index (χ2n) is 5.01. The van der Waals surface area contributed by atoms with Gasteiger partial charge in [0.15, 0.2) is 0 Å². The standard InChI is InChI=1S/C18H15N3O3/c22-17(21-14-5-2-1-3-6-14)13-8-9-19-16(11-13)18(23)20-12-15-7-4-10-24-15/h1-11H,12H2,(H,20,23)(H,21,22). The van der Waals surface area contributed by atoms with Crippen LogP contribution in [0.1, 0.15) is 26.6 Å². The van der Waals surface area contributed by atoms with E-state index in [1.54, 1.807) is 30.3 Å². The molecule has 0 unspecified atom stereocenters. The Bertz CT molecular complexity index is 830. The van der Waals surface area contributed by atoms with E-state index in [0.29, 0.717) is 17.0 Å². The predicted molar refractivity (Wildman–Crippen MR) is 88.5 cm³/mol.